The monoisotopic (exact) mass is 364 g/mol. The fraction of sp³-hybridized carbons (Fsp3) is 0.333. The number of carbonyl (C=O) groups is 2. The minimum Gasteiger partial charge on any atom is -0.469 e. The van der Waals surface area contributed by atoms with Crippen molar-refractivity contribution < 1.29 is 14.3 Å². The molecule has 0 aliphatic rings. The van der Waals surface area contributed by atoms with E-state index in [0.29, 0.717) is 19.3 Å². The Balaban J connectivity index is 2.16. The van der Waals surface area contributed by atoms with Crippen LogP contribution < -0.4 is 0 Å². The fourth-order valence-electron chi connectivity index (χ4n) is 2.97. The lowest BCUT2D eigenvalue weighted by atomic mass is 9.90. The number of benzene rings is 2. The Hall–Kier alpha value is -2.68. The third kappa shape index (κ3) is 6.52. The van der Waals surface area contributed by atoms with E-state index in [2.05, 4.69) is 12.2 Å². The molecule has 27 heavy (non-hydrogen) atoms. The van der Waals surface area contributed by atoms with Crippen LogP contribution >= 0.6 is 0 Å². The summed E-state index contributed by atoms with van der Waals surface area (Å²) in [7, 11) is 1.40. The molecular weight excluding hydrogens is 336 g/mol. The van der Waals surface area contributed by atoms with Gasteiger partial charge in [0.15, 0.2) is 0 Å². The minimum atomic E-state index is -0.316. The van der Waals surface area contributed by atoms with Gasteiger partial charge in [0.1, 0.15) is 5.78 Å². The highest BCUT2D eigenvalue weighted by molar-refractivity contribution is 5.81. The van der Waals surface area contributed by atoms with Gasteiger partial charge in [-0.15, -0.1) is 0 Å². The molecule has 0 radical (unpaired) electrons. The Labute approximate surface area is 162 Å². The van der Waals surface area contributed by atoms with E-state index in [1.807, 2.05) is 68.4 Å². The summed E-state index contributed by atoms with van der Waals surface area (Å²) in [6.45, 7) is 3.78. The van der Waals surface area contributed by atoms with Gasteiger partial charge in [0.05, 0.1) is 13.0 Å². The van der Waals surface area contributed by atoms with E-state index in [0.717, 1.165) is 16.7 Å². The number of carbonyl (C=O) groups excluding carboxylic acids is 2. The number of rotatable bonds is 9. The van der Waals surface area contributed by atoms with E-state index in [9.17, 15) is 9.59 Å². The Morgan fingerprint density at radius 3 is 2.30 bits per heavy atom. The van der Waals surface area contributed by atoms with Gasteiger partial charge in [-0.3, -0.25) is 9.59 Å². The van der Waals surface area contributed by atoms with Crippen molar-refractivity contribution in [1.29, 1.82) is 0 Å². The van der Waals surface area contributed by atoms with E-state index in [1.54, 1.807) is 0 Å². The second-order valence-corrected chi connectivity index (χ2v) is 7.03. The van der Waals surface area contributed by atoms with Gasteiger partial charge in [-0.1, -0.05) is 80.6 Å². The maximum atomic E-state index is 12.2. The molecule has 0 bridgehead atoms. The highest BCUT2D eigenvalue weighted by Crippen LogP contribution is 2.21. The van der Waals surface area contributed by atoms with Crippen molar-refractivity contribution in [3.8, 4) is 0 Å². The molecule has 142 valence electrons. The molecule has 0 aliphatic heterocycles. The standard InChI is InChI=1S/C24H28O3/c1-18(2)23(25)16-15-22(24(26)27-3)17-21-12-8-7-11-20(21)14-13-19-9-5-4-6-10-19/h4-14,18,22H,15-17H2,1-3H3/b14-13+. The largest absolute Gasteiger partial charge is 0.469 e. The van der Waals surface area contributed by atoms with Crippen LogP contribution in [0.4, 0.5) is 0 Å². The highest BCUT2D eigenvalue weighted by Gasteiger charge is 2.22. The molecule has 0 fully saturated rings. The molecule has 3 nitrogen and oxygen atoms in total. The molecule has 2 aromatic rings. The van der Waals surface area contributed by atoms with Gasteiger partial charge in [-0.25, -0.2) is 0 Å². The van der Waals surface area contributed by atoms with Crippen molar-refractivity contribution in [3.05, 3.63) is 71.3 Å². The molecule has 3 heteroatoms. The number of hydrogen-bond donors (Lipinski definition) is 0. The normalized spacial score (nSPS) is 12.3. The van der Waals surface area contributed by atoms with Crippen LogP contribution in [0, 0.1) is 11.8 Å². The average Bonchev–Trinajstić information content (AvgIpc) is 2.70. The Morgan fingerprint density at radius 2 is 1.63 bits per heavy atom. The van der Waals surface area contributed by atoms with Crippen LogP contribution in [0.1, 0.15) is 43.4 Å². The van der Waals surface area contributed by atoms with Crippen molar-refractivity contribution in [2.75, 3.05) is 7.11 Å². The first-order valence-corrected chi connectivity index (χ1v) is 9.42. The van der Waals surface area contributed by atoms with Crippen molar-refractivity contribution in [1.82, 2.24) is 0 Å². The summed E-state index contributed by atoms with van der Waals surface area (Å²) in [6.07, 6.45) is 5.61. The lowest BCUT2D eigenvalue weighted by molar-refractivity contribution is -0.145. The number of ketones is 1. The highest BCUT2D eigenvalue weighted by atomic mass is 16.5. The summed E-state index contributed by atoms with van der Waals surface area (Å²) in [5, 5.41) is 0. The molecule has 0 heterocycles. The van der Waals surface area contributed by atoms with Crippen molar-refractivity contribution >= 4 is 23.9 Å². The molecule has 1 atom stereocenters. The second kappa shape index (κ2) is 10.5. The smallest absolute Gasteiger partial charge is 0.309 e. The maximum absolute atomic E-state index is 12.2. The predicted octanol–water partition coefficient (Wildman–Crippen LogP) is 5.19. The zero-order valence-electron chi connectivity index (χ0n) is 16.4. The van der Waals surface area contributed by atoms with E-state index in [-0.39, 0.29) is 23.6 Å². The molecule has 0 saturated carbocycles. The summed E-state index contributed by atoms with van der Waals surface area (Å²) in [6, 6.07) is 18.1. The first-order chi connectivity index (χ1) is 13.0. The first-order valence-electron chi connectivity index (χ1n) is 9.42. The van der Waals surface area contributed by atoms with Gasteiger partial charge in [0, 0.05) is 12.3 Å². The molecule has 0 amide bonds. The van der Waals surface area contributed by atoms with Crippen LogP contribution in [0.15, 0.2) is 54.6 Å². The van der Waals surface area contributed by atoms with Crippen LogP contribution in [-0.2, 0) is 20.7 Å². The van der Waals surface area contributed by atoms with E-state index in [4.69, 9.17) is 4.74 Å². The quantitative estimate of drug-likeness (QED) is 0.454. The topological polar surface area (TPSA) is 43.4 Å². The lowest BCUT2D eigenvalue weighted by Gasteiger charge is -2.16. The van der Waals surface area contributed by atoms with Crippen LogP contribution in [0.25, 0.3) is 12.2 Å². The number of ether oxygens (including phenoxy) is 1. The van der Waals surface area contributed by atoms with Crippen LogP contribution in [0.5, 0.6) is 0 Å². The van der Waals surface area contributed by atoms with Crippen LogP contribution in [-0.4, -0.2) is 18.9 Å². The van der Waals surface area contributed by atoms with E-state index in [1.165, 1.54) is 7.11 Å². The summed E-state index contributed by atoms with van der Waals surface area (Å²) < 4.78 is 4.98. The fourth-order valence-corrected chi connectivity index (χ4v) is 2.97. The predicted molar refractivity (Wildman–Crippen MR) is 110 cm³/mol. The molecule has 2 aromatic carbocycles. The van der Waals surface area contributed by atoms with Crippen LogP contribution in [0.2, 0.25) is 0 Å². The molecule has 0 spiro atoms. The van der Waals surface area contributed by atoms with E-state index < -0.39 is 0 Å². The third-order valence-electron chi connectivity index (χ3n) is 4.69. The molecule has 1 unspecified atom stereocenters. The van der Waals surface area contributed by atoms with Crippen molar-refractivity contribution in [2.45, 2.75) is 33.1 Å². The lowest BCUT2D eigenvalue weighted by Crippen LogP contribution is -2.21. The Morgan fingerprint density at radius 1 is 0.963 bits per heavy atom. The summed E-state index contributed by atoms with van der Waals surface area (Å²) in [4.78, 5) is 24.2. The molecule has 2 rings (SSSR count). The van der Waals surface area contributed by atoms with Crippen molar-refractivity contribution in [3.63, 3.8) is 0 Å². The SMILES string of the molecule is COC(=O)C(CCC(=O)C(C)C)Cc1ccccc1/C=C/c1ccccc1. The minimum absolute atomic E-state index is 0.00983. The molecular formula is C24H28O3. The second-order valence-electron chi connectivity index (χ2n) is 7.03. The van der Waals surface area contributed by atoms with Gasteiger partial charge in [-0.05, 0) is 29.5 Å². The number of methoxy groups -OCH3 is 1. The first kappa shape index (κ1) is 20.6. The number of hydrogen-bond acceptors (Lipinski definition) is 3. The molecule has 0 aromatic heterocycles. The average molecular weight is 364 g/mol. The van der Waals surface area contributed by atoms with Gasteiger partial charge >= 0.3 is 5.97 Å². The zero-order chi connectivity index (χ0) is 19.6. The molecule has 0 aliphatic carbocycles. The van der Waals surface area contributed by atoms with Gasteiger partial charge < -0.3 is 4.74 Å². The van der Waals surface area contributed by atoms with Gasteiger partial charge in [-0.2, -0.15) is 0 Å². The van der Waals surface area contributed by atoms with Crippen LogP contribution in [0.3, 0.4) is 0 Å². The summed E-state index contributed by atoms with van der Waals surface area (Å²) in [5.74, 6) is -0.400. The molecule has 0 saturated heterocycles. The number of Topliss-reactive ketones (excluding diaryl/α,β-unsaturated/α-hetero) is 1. The molecule has 0 N–H and O–H groups in total. The van der Waals surface area contributed by atoms with E-state index >= 15 is 0 Å². The van der Waals surface area contributed by atoms with Crippen molar-refractivity contribution in [2.24, 2.45) is 11.8 Å². The van der Waals surface area contributed by atoms with Gasteiger partial charge in [0.25, 0.3) is 0 Å². The Bertz CT molecular complexity index is 775. The zero-order valence-corrected chi connectivity index (χ0v) is 16.4. The summed E-state index contributed by atoms with van der Waals surface area (Å²) >= 11 is 0. The third-order valence-corrected chi connectivity index (χ3v) is 4.69. The summed E-state index contributed by atoms with van der Waals surface area (Å²) in [5.41, 5.74) is 3.28. The maximum Gasteiger partial charge on any atom is 0.309 e. The number of esters is 1. The Kier molecular flexibility index (Phi) is 8.00. The van der Waals surface area contributed by atoms with Gasteiger partial charge in [0.2, 0.25) is 0 Å².